The molecular formula is C18H19ClN4O3. The van der Waals surface area contributed by atoms with Crippen molar-refractivity contribution in [1.29, 1.82) is 0 Å². The Morgan fingerprint density at radius 2 is 1.88 bits per heavy atom. The van der Waals surface area contributed by atoms with Crippen molar-refractivity contribution in [3.05, 3.63) is 47.1 Å². The van der Waals surface area contributed by atoms with Gasteiger partial charge in [-0.25, -0.2) is 0 Å². The van der Waals surface area contributed by atoms with Crippen LogP contribution in [0.4, 0.5) is 11.5 Å². The maximum absolute atomic E-state index is 12.3. The third-order valence-corrected chi connectivity index (χ3v) is 4.86. The van der Waals surface area contributed by atoms with E-state index in [0.29, 0.717) is 23.9 Å². The summed E-state index contributed by atoms with van der Waals surface area (Å²) in [7, 11) is 0. The first-order valence-electron chi connectivity index (χ1n) is 8.57. The molecule has 0 atom stereocenters. The maximum atomic E-state index is 12.3. The van der Waals surface area contributed by atoms with Crippen molar-refractivity contribution < 1.29 is 14.3 Å². The van der Waals surface area contributed by atoms with Gasteiger partial charge < -0.3 is 19.7 Å². The maximum Gasteiger partial charge on any atom is 0.276 e. The number of carbonyl (C=O) groups is 1. The SMILES string of the molecule is O=C(Nc1cccc(Cl)c1)c1ccc(N2CCC3(CC2)OCCO3)nn1. The van der Waals surface area contributed by atoms with Crippen LogP contribution < -0.4 is 10.2 Å². The van der Waals surface area contributed by atoms with Gasteiger partial charge in [0.2, 0.25) is 0 Å². The van der Waals surface area contributed by atoms with E-state index in [-0.39, 0.29) is 11.6 Å². The van der Waals surface area contributed by atoms with Gasteiger partial charge in [0.1, 0.15) is 0 Å². The van der Waals surface area contributed by atoms with Gasteiger partial charge in [-0.05, 0) is 30.3 Å². The van der Waals surface area contributed by atoms with Crippen molar-refractivity contribution in [2.24, 2.45) is 0 Å². The molecule has 3 heterocycles. The number of halogens is 1. The van der Waals surface area contributed by atoms with Gasteiger partial charge in [0.25, 0.3) is 5.91 Å². The second-order valence-corrected chi connectivity index (χ2v) is 6.77. The summed E-state index contributed by atoms with van der Waals surface area (Å²) in [6, 6.07) is 10.5. The Bertz CT molecular complexity index is 783. The van der Waals surface area contributed by atoms with Crippen LogP contribution in [0.5, 0.6) is 0 Å². The lowest BCUT2D eigenvalue weighted by atomic mass is 10.0. The predicted octanol–water partition coefficient (Wildman–Crippen LogP) is 2.73. The van der Waals surface area contributed by atoms with E-state index in [1.165, 1.54) is 0 Å². The molecule has 1 amide bonds. The van der Waals surface area contributed by atoms with E-state index in [1.807, 2.05) is 6.07 Å². The number of anilines is 2. The molecule has 2 aliphatic rings. The van der Waals surface area contributed by atoms with Gasteiger partial charge >= 0.3 is 0 Å². The third kappa shape index (κ3) is 3.65. The van der Waals surface area contributed by atoms with E-state index >= 15 is 0 Å². The molecule has 2 fully saturated rings. The largest absolute Gasteiger partial charge is 0.355 e. The Kier molecular flexibility index (Phi) is 4.76. The van der Waals surface area contributed by atoms with Gasteiger partial charge in [-0.3, -0.25) is 4.79 Å². The lowest BCUT2D eigenvalue weighted by molar-refractivity contribution is -0.169. The molecule has 1 N–H and O–H groups in total. The number of nitrogens with one attached hydrogen (secondary N) is 1. The number of amides is 1. The Labute approximate surface area is 156 Å². The summed E-state index contributed by atoms with van der Waals surface area (Å²) >= 11 is 5.92. The zero-order valence-corrected chi connectivity index (χ0v) is 14.9. The second kappa shape index (κ2) is 7.19. The fourth-order valence-corrected chi connectivity index (χ4v) is 3.43. The number of nitrogens with zero attached hydrogens (tertiary/aromatic N) is 3. The lowest BCUT2D eigenvalue weighted by Crippen LogP contribution is -2.45. The molecule has 136 valence electrons. The van der Waals surface area contributed by atoms with Crippen LogP contribution in [0.1, 0.15) is 23.3 Å². The van der Waals surface area contributed by atoms with Gasteiger partial charge in [-0.2, -0.15) is 0 Å². The van der Waals surface area contributed by atoms with Crippen LogP contribution >= 0.6 is 11.6 Å². The first-order valence-corrected chi connectivity index (χ1v) is 8.95. The van der Waals surface area contributed by atoms with Crippen LogP contribution in [0.3, 0.4) is 0 Å². The van der Waals surface area contributed by atoms with Crippen LogP contribution in [0.2, 0.25) is 5.02 Å². The molecule has 1 spiro atoms. The van der Waals surface area contributed by atoms with E-state index in [0.717, 1.165) is 31.7 Å². The summed E-state index contributed by atoms with van der Waals surface area (Å²) in [6.45, 7) is 2.89. The molecule has 0 aliphatic carbocycles. The normalized spacial score (nSPS) is 18.9. The first-order chi connectivity index (χ1) is 12.6. The minimum Gasteiger partial charge on any atom is -0.355 e. The minimum absolute atomic E-state index is 0.254. The second-order valence-electron chi connectivity index (χ2n) is 6.34. The van der Waals surface area contributed by atoms with Gasteiger partial charge in [0.15, 0.2) is 17.3 Å². The average Bonchev–Trinajstić information content (AvgIpc) is 3.11. The van der Waals surface area contributed by atoms with Gasteiger partial charge in [-0.1, -0.05) is 17.7 Å². The Morgan fingerprint density at radius 1 is 1.12 bits per heavy atom. The summed E-state index contributed by atoms with van der Waals surface area (Å²) in [5, 5.41) is 11.6. The number of carbonyl (C=O) groups excluding carboxylic acids is 1. The summed E-state index contributed by atoms with van der Waals surface area (Å²) in [6.07, 6.45) is 1.59. The third-order valence-electron chi connectivity index (χ3n) is 4.63. The molecule has 0 bridgehead atoms. The van der Waals surface area contributed by atoms with Gasteiger partial charge in [0, 0.05) is 36.6 Å². The molecule has 0 radical (unpaired) electrons. The number of hydrogen-bond donors (Lipinski definition) is 1. The highest BCUT2D eigenvalue weighted by Crippen LogP contribution is 2.32. The van der Waals surface area contributed by atoms with E-state index in [9.17, 15) is 4.79 Å². The van der Waals surface area contributed by atoms with Gasteiger partial charge in [0.05, 0.1) is 13.2 Å². The minimum atomic E-state index is -0.416. The number of hydrogen-bond acceptors (Lipinski definition) is 6. The molecule has 0 unspecified atom stereocenters. The van der Waals surface area contributed by atoms with E-state index in [1.54, 1.807) is 30.3 Å². The molecule has 0 saturated carbocycles. The molecule has 4 rings (SSSR count). The van der Waals surface area contributed by atoms with E-state index < -0.39 is 5.79 Å². The number of rotatable bonds is 3. The molecule has 1 aromatic heterocycles. The standard InChI is InChI=1S/C18H19ClN4O3/c19-13-2-1-3-14(12-13)20-17(24)15-4-5-16(22-21-15)23-8-6-18(7-9-23)25-10-11-26-18/h1-5,12H,6-11H2,(H,20,24). The molecule has 2 saturated heterocycles. The number of ether oxygens (including phenoxy) is 2. The summed E-state index contributed by atoms with van der Waals surface area (Å²) < 4.78 is 11.5. The molecule has 2 aliphatic heterocycles. The van der Waals surface area contributed by atoms with E-state index in [4.69, 9.17) is 21.1 Å². The number of piperidine rings is 1. The molecular weight excluding hydrogens is 356 g/mol. The topological polar surface area (TPSA) is 76.6 Å². The smallest absolute Gasteiger partial charge is 0.276 e. The van der Waals surface area contributed by atoms with Crippen LogP contribution in [-0.2, 0) is 9.47 Å². The molecule has 1 aromatic carbocycles. The quantitative estimate of drug-likeness (QED) is 0.890. The highest BCUT2D eigenvalue weighted by atomic mass is 35.5. The molecule has 8 heteroatoms. The van der Waals surface area contributed by atoms with Crippen molar-refractivity contribution in [3.63, 3.8) is 0 Å². The van der Waals surface area contributed by atoms with Crippen molar-refractivity contribution in [3.8, 4) is 0 Å². The Hall–Kier alpha value is -2.22. The van der Waals surface area contributed by atoms with Gasteiger partial charge in [-0.15, -0.1) is 10.2 Å². The zero-order valence-electron chi connectivity index (χ0n) is 14.2. The van der Waals surface area contributed by atoms with Crippen LogP contribution in [0.15, 0.2) is 36.4 Å². The molecule has 2 aromatic rings. The summed E-state index contributed by atoms with van der Waals surface area (Å²) in [5.41, 5.74) is 0.871. The van der Waals surface area contributed by atoms with Crippen LogP contribution in [0, 0.1) is 0 Å². The van der Waals surface area contributed by atoms with Crippen molar-refractivity contribution in [1.82, 2.24) is 10.2 Å². The fourth-order valence-electron chi connectivity index (χ4n) is 3.24. The number of aromatic nitrogens is 2. The van der Waals surface area contributed by atoms with Crippen molar-refractivity contribution in [2.75, 3.05) is 36.5 Å². The van der Waals surface area contributed by atoms with Crippen molar-refractivity contribution >= 4 is 29.0 Å². The Morgan fingerprint density at radius 3 is 2.54 bits per heavy atom. The Balaban J connectivity index is 1.38. The zero-order chi connectivity index (χ0) is 18.0. The summed E-state index contributed by atoms with van der Waals surface area (Å²) in [5.74, 6) is 0.00888. The first kappa shape index (κ1) is 17.2. The monoisotopic (exact) mass is 374 g/mol. The van der Waals surface area contributed by atoms with E-state index in [2.05, 4.69) is 20.4 Å². The predicted molar refractivity (Wildman–Crippen MR) is 97.5 cm³/mol. The summed E-state index contributed by atoms with van der Waals surface area (Å²) in [4.78, 5) is 14.4. The van der Waals surface area contributed by atoms with Crippen molar-refractivity contribution in [2.45, 2.75) is 18.6 Å². The van der Waals surface area contributed by atoms with Crippen LogP contribution in [0.25, 0.3) is 0 Å². The lowest BCUT2D eigenvalue weighted by Gasteiger charge is -2.37. The average molecular weight is 375 g/mol. The highest BCUT2D eigenvalue weighted by molar-refractivity contribution is 6.30. The highest BCUT2D eigenvalue weighted by Gasteiger charge is 2.40. The molecule has 26 heavy (non-hydrogen) atoms. The molecule has 7 nitrogen and oxygen atoms in total. The fraction of sp³-hybridized carbons (Fsp3) is 0.389. The van der Waals surface area contributed by atoms with Crippen LogP contribution in [-0.4, -0.2) is 48.2 Å². The number of benzene rings is 1.